The van der Waals surface area contributed by atoms with Gasteiger partial charge in [0.05, 0.1) is 12.7 Å². The minimum absolute atomic E-state index is 0.280. The van der Waals surface area contributed by atoms with Gasteiger partial charge < -0.3 is 4.74 Å². The van der Waals surface area contributed by atoms with Crippen molar-refractivity contribution in [3.8, 4) is 5.75 Å². The second-order valence-electron chi connectivity index (χ2n) is 2.44. The molecule has 1 rings (SSSR count). The first kappa shape index (κ1) is 10.1. The molecule has 0 aliphatic rings. The molecule has 1 aromatic rings. The SMILES string of the molecule is COc1cccc(F)c1C=CCS. The van der Waals surface area contributed by atoms with Gasteiger partial charge in [0.25, 0.3) is 0 Å². The standard InChI is InChI=1S/C10H11FOS/c1-12-10-6-2-5-9(11)8(10)4-3-7-13/h2-6,13H,7H2,1H3. The van der Waals surface area contributed by atoms with E-state index in [9.17, 15) is 4.39 Å². The summed E-state index contributed by atoms with van der Waals surface area (Å²) >= 11 is 4.00. The van der Waals surface area contributed by atoms with Crippen molar-refractivity contribution in [2.24, 2.45) is 0 Å². The average molecular weight is 198 g/mol. The third kappa shape index (κ3) is 2.49. The maximum absolute atomic E-state index is 13.2. The van der Waals surface area contributed by atoms with E-state index in [0.717, 1.165) is 0 Å². The molecular weight excluding hydrogens is 187 g/mol. The number of thiol groups is 1. The normalized spacial score (nSPS) is 10.7. The lowest BCUT2D eigenvalue weighted by Gasteiger charge is -2.04. The van der Waals surface area contributed by atoms with Crippen molar-refractivity contribution in [3.05, 3.63) is 35.7 Å². The lowest BCUT2D eigenvalue weighted by molar-refractivity contribution is 0.410. The number of benzene rings is 1. The Morgan fingerprint density at radius 1 is 1.54 bits per heavy atom. The van der Waals surface area contributed by atoms with E-state index in [-0.39, 0.29) is 5.82 Å². The van der Waals surface area contributed by atoms with Crippen LogP contribution in [0.5, 0.6) is 5.75 Å². The van der Waals surface area contributed by atoms with Crippen LogP contribution in [-0.4, -0.2) is 12.9 Å². The highest BCUT2D eigenvalue weighted by Crippen LogP contribution is 2.22. The van der Waals surface area contributed by atoms with Gasteiger partial charge in [-0.25, -0.2) is 4.39 Å². The van der Waals surface area contributed by atoms with Crippen LogP contribution in [0.15, 0.2) is 24.3 Å². The van der Waals surface area contributed by atoms with Gasteiger partial charge in [-0.2, -0.15) is 12.6 Å². The highest BCUT2D eigenvalue weighted by molar-refractivity contribution is 7.80. The molecule has 0 unspecified atom stereocenters. The van der Waals surface area contributed by atoms with Crippen LogP contribution in [0.2, 0.25) is 0 Å². The van der Waals surface area contributed by atoms with Gasteiger partial charge in [0, 0.05) is 5.75 Å². The largest absolute Gasteiger partial charge is 0.496 e. The Morgan fingerprint density at radius 2 is 2.31 bits per heavy atom. The molecule has 13 heavy (non-hydrogen) atoms. The number of hydrogen-bond acceptors (Lipinski definition) is 2. The third-order valence-electron chi connectivity index (χ3n) is 1.62. The van der Waals surface area contributed by atoms with Crippen molar-refractivity contribution in [3.63, 3.8) is 0 Å². The molecule has 0 saturated heterocycles. The predicted molar refractivity (Wildman–Crippen MR) is 55.8 cm³/mol. The summed E-state index contributed by atoms with van der Waals surface area (Å²) in [4.78, 5) is 0. The molecule has 0 amide bonds. The monoisotopic (exact) mass is 198 g/mol. The molecule has 0 saturated carbocycles. The molecule has 0 N–H and O–H groups in total. The molecule has 0 aliphatic carbocycles. The average Bonchev–Trinajstić information content (AvgIpc) is 2.15. The van der Waals surface area contributed by atoms with Gasteiger partial charge in [-0.05, 0) is 12.1 Å². The Balaban J connectivity index is 3.07. The third-order valence-corrected chi connectivity index (χ3v) is 1.83. The summed E-state index contributed by atoms with van der Waals surface area (Å²) in [6, 6.07) is 4.74. The molecule has 0 atom stereocenters. The lowest BCUT2D eigenvalue weighted by Crippen LogP contribution is -1.90. The van der Waals surface area contributed by atoms with E-state index >= 15 is 0 Å². The van der Waals surface area contributed by atoms with Gasteiger partial charge in [-0.15, -0.1) is 0 Å². The number of halogens is 1. The molecular formula is C10H11FOS. The van der Waals surface area contributed by atoms with Crippen LogP contribution in [0.4, 0.5) is 4.39 Å². The Labute approximate surface area is 82.6 Å². The molecule has 0 fully saturated rings. The van der Waals surface area contributed by atoms with E-state index < -0.39 is 0 Å². The molecule has 1 nitrogen and oxygen atoms in total. The summed E-state index contributed by atoms with van der Waals surface area (Å²) in [5, 5.41) is 0. The summed E-state index contributed by atoms with van der Waals surface area (Å²) in [5.41, 5.74) is 0.471. The van der Waals surface area contributed by atoms with Crippen molar-refractivity contribution in [2.75, 3.05) is 12.9 Å². The quantitative estimate of drug-likeness (QED) is 0.735. The van der Waals surface area contributed by atoms with E-state index in [1.807, 2.05) is 0 Å². The van der Waals surface area contributed by atoms with E-state index in [1.54, 1.807) is 24.3 Å². The second kappa shape index (κ2) is 4.92. The van der Waals surface area contributed by atoms with E-state index in [2.05, 4.69) is 12.6 Å². The summed E-state index contributed by atoms with van der Waals surface area (Å²) in [6.45, 7) is 0. The first-order valence-corrected chi connectivity index (χ1v) is 4.52. The maximum Gasteiger partial charge on any atom is 0.134 e. The van der Waals surface area contributed by atoms with Crippen molar-refractivity contribution in [1.29, 1.82) is 0 Å². The Hall–Kier alpha value is -0.960. The summed E-state index contributed by atoms with van der Waals surface area (Å²) < 4.78 is 18.2. The van der Waals surface area contributed by atoms with Crippen LogP contribution in [-0.2, 0) is 0 Å². The lowest BCUT2D eigenvalue weighted by atomic mass is 10.2. The Bertz CT molecular complexity index is 310. The minimum Gasteiger partial charge on any atom is -0.496 e. The maximum atomic E-state index is 13.2. The topological polar surface area (TPSA) is 9.23 Å². The zero-order valence-electron chi connectivity index (χ0n) is 7.33. The Morgan fingerprint density at radius 3 is 2.92 bits per heavy atom. The number of hydrogen-bond donors (Lipinski definition) is 1. The van der Waals surface area contributed by atoms with Crippen LogP contribution in [0, 0.1) is 5.82 Å². The minimum atomic E-state index is -0.280. The van der Waals surface area contributed by atoms with Gasteiger partial charge >= 0.3 is 0 Å². The van der Waals surface area contributed by atoms with Crippen molar-refractivity contribution >= 4 is 18.7 Å². The van der Waals surface area contributed by atoms with E-state index in [1.165, 1.54) is 13.2 Å². The summed E-state index contributed by atoms with van der Waals surface area (Å²) in [6.07, 6.45) is 3.44. The number of methoxy groups -OCH3 is 1. The number of ether oxygens (including phenoxy) is 1. The van der Waals surface area contributed by atoms with E-state index in [0.29, 0.717) is 17.1 Å². The zero-order valence-corrected chi connectivity index (χ0v) is 8.22. The van der Waals surface area contributed by atoms with Crippen LogP contribution in [0.25, 0.3) is 6.08 Å². The van der Waals surface area contributed by atoms with Crippen LogP contribution in [0.1, 0.15) is 5.56 Å². The molecule has 1 aromatic carbocycles. The molecule has 0 spiro atoms. The second-order valence-corrected chi connectivity index (χ2v) is 2.81. The molecule has 0 bridgehead atoms. The smallest absolute Gasteiger partial charge is 0.134 e. The van der Waals surface area contributed by atoms with Crippen LogP contribution < -0.4 is 4.74 Å². The van der Waals surface area contributed by atoms with Crippen molar-refractivity contribution in [2.45, 2.75) is 0 Å². The highest BCUT2D eigenvalue weighted by Gasteiger charge is 2.03. The zero-order chi connectivity index (χ0) is 9.68. The highest BCUT2D eigenvalue weighted by atomic mass is 32.1. The first-order valence-electron chi connectivity index (χ1n) is 3.89. The summed E-state index contributed by atoms with van der Waals surface area (Å²) in [7, 11) is 1.52. The first-order chi connectivity index (χ1) is 6.29. The predicted octanol–water partition coefficient (Wildman–Crippen LogP) is 2.78. The fraction of sp³-hybridized carbons (Fsp3) is 0.200. The van der Waals surface area contributed by atoms with Gasteiger partial charge in [0.15, 0.2) is 0 Å². The van der Waals surface area contributed by atoms with Crippen molar-refractivity contribution in [1.82, 2.24) is 0 Å². The molecule has 0 radical (unpaired) electrons. The number of rotatable bonds is 3. The van der Waals surface area contributed by atoms with Crippen molar-refractivity contribution < 1.29 is 9.13 Å². The molecule has 0 heterocycles. The molecule has 0 aliphatic heterocycles. The van der Waals surface area contributed by atoms with Gasteiger partial charge in [0.1, 0.15) is 11.6 Å². The van der Waals surface area contributed by atoms with Crippen LogP contribution >= 0.6 is 12.6 Å². The van der Waals surface area contributed by atoms with Gasteiger partial charge in [0.2, 0.25) is 0 Å². The fourth-order valence-corrected chi connectivity index (χ4v) is 1.13. The van der Waals surface area contributed by atoms with Gasteiger partial charge in [-0.1, -0.05) is 18.2 Å². The molecule has 0 aromatic heterocycles. The fourth-order valence-electron chi connectivity index (χ4n) is 1.03. The summed E-state index contributed by atoms with van der Waals surface area (Å²) in [5.74, 6) is 0.840. The van der Waals surface area contributed by atoms with Gasteiger partial charge in [-0.3, -0.25) is 0 Å². The Kier molecular flexibility index (Phi) is 3.83. The molecule has 3 heteroatoms. The molecule has 70 valence electrons. The van der Waals surface area contributed by atoms with Crippen LogP contribution in [0.3, 0.4) is 0 Å². The van der Waals surface area contributed by atoms with E-state index in [4.69, 9.17) is 4.74 Å².